The van der Waals surface area contributed by atoms with Gasteiger partial charge >= 0.3 is 6.18 Å². The number of carbonyl (C=O) groups is 1. The second-order valence-corrected chi connectivity index (χ2v) is 5.49. The molecule has 0 unspecified atom stereocenters. The van der Waals surface area contributed by atoms with Gasteiger partial charge in [0.05, 0.1) is 5.56 Å². The maximum absolute atomic E-state index is 12.8. The number of benzene rings is 1. The van der Waals surface area contributed by atoms with E-state index in [0.717, 1.165) is 18.9 Å². The van der Waals surface area contributed by atoms with Crippen LogP contribution >= 0.6 is 12.4 Å². The summed E-state index contributed by atoms with van der Waals surface area (Å²) in [7, 11) is 1.76. The van der Waals surface area contributed by atoms with Crippen LogP contribution in [0.1, 0.15) is 30.4 Å². The molecule has 22 heavy (non-hydrogen) atoms. The van der Waals surface area contributed by atoms with E-state index in [-0.39, 0.29) is 23.7 Å². The minimum Gasteiger partial charge on any atom is -0.355 e. The first-order chi connectivity index (χ1) is 9.87. The van der Waals surface area contributed by atoms with Gasteiger partial charge in [0.25, 0.3) is 0 Å². The van der Waals surface area contributed by atoms with Crippen LogP contribution in [0.5, 0.6) is 0 Å². The molecule has 0 bridgehead atoms. The van der Waals surface area contributed by atoms with Crippen molar-refractivity contribution in [2.75, 3.05) is 20.1 Å². The Morgan fingerprint density at radius 2 is 2.00 bits per heavy atom. The zero-order valence-corrected chi connectivity index (χ0v) is 13.1. The van der Waals surface area contributed by atoms with Gasteiger partial charge in [-0.2, -0.15) is 13.2 Å². The van der Waals surface area contributed by atoms with Crippen molar-refractivity contribution >= 4 is 18.3 Å². The molecule has 1 aliphatic carbocycles. The Kier molecular flexibility index (Phi) is 6.26. The maximum atomic E-state index is 12.8. The third-order valence-corrected chi connectivity index (χ3v) is 3.88. The number of carbonyl (C=O) groups excluding carboxylic acids is 1. The van der Waals surface area contributed by atoms with Crippen molar-refractivity contribution in [1.82, 2.24) is 10.6 Å². The number of nitrogens with one attached hydrogen (secondary N) is 2. The highest BCUT2D eigenvalue weighted by atomic mass is 35.5. The lowest BCUT2D eigenvalue weighted by Crippen LogP contribution is -2.33. The molecule has 124 valence electrons. The molecule has 3 nitrogen and oxygen atoms in total. The van der Waals surface area contributed by atoms with Crippen molar-refractivity contribution < 1.29 is 18.0 Å². The highest BCUT2D eigenvalue weighted by Crippen LogP contribution is 2.48. The second kappa shape index (κ2) is 7.33. The Morgan fingerprint density at radius 1 is 1.32 bits per heavy atom. The molecule has 2 rings (SSSR count). The van der Waals surface area contributed by atoms with E-state index >= 15 is 0 Å². The van der Waals surface area contributed by atoms with Crippen LogP contribution in [0.3, 0.4) is 0 Å². The van der Waals surface area contributed by atoms with Crippen LogP contribution in [0.15, 0.2) is 24.3 Å². The highest BCUT2D eigenvalue weighted by molar-refractivity contribution is 5.85. The highest BCUT2D eigenvalue weighted by Gasteiger charge is 2.45. The quantitative estimate of drug-likeness (QED) is 0.838. The van der Waals surface area contributed by atoms with E-state index in [1.165, 1.54) is 12.1 Å². The Hall–Kier alpha value is -1.27. The molecule has 1 amide bonds. The van der Waals surface area contributed by atoms with Gasteiger partial charge in [-0.15, -0.1) is 12.4 Å². The number of alkyl halides is 3. The van der Waals surface area contributed by atoms with E-state index in [1.54, 1.807) is 13.1 Å². The minimum atomic E-state index is -4.33. The van der Waals surface area contributed by atoms with E-state index in [2.05, 4.69) is 10.6 Å². The van der Waals surface area contributed by atoms with Gasteiger partial charge < -0.3 is 10.6 Å². The summed E-state index contributed by atoms with van der Waals surface area (Å²) in [4.78, 5) is 11.6. The average molecular weight is 337 g/mol. The van der Waals surface area contributed by atoms with E-state index in [9.17, 15) is 18.0 Å². The van der Waals surface area contributed by atoms with Crippen LogP contribution in [-0.4, -0.2) is 26.0 Å². The Labute approximate surface area is 134 Å². The molecule has 0 atom stereocenters. The summed E-state index contributed by atoms with van der Waals surface area (Å²) in [6.45, 7) is 0.985. The third-order valence-electron chi connectivity index (χ3n) is 3.88. The Bertz CT molecular complexity index is 516. The van der Waals surface area contributed by atoms with Crippen molar-refractivity contribution in [3.8, 4) is 0 Å². The van der Waals surface area contributed by atoms with Gasteiger partial charge in [0.2, 0.25) is 5.91 Å². The third kappa shape index (κ3) is 4.61. The van der Waals surface area contributed by atoms with E-state index < -0.39 is 11.7 Å². The fraction of sp³-hybridized carbons (Fsp3) is 0.533. The van der Waals surface area contributed by atoms with Crippen molar-refractivity contribution in [1.29, 1.82) is 0 Å². The monoisotopic (exact) mass is 336 g/mol. The van der Waals surface area contributed by atoms with Crippen LogP contribution in [-0.2, 0) is 16.4 Å². The molecule has 0 radical (unpaired) electrons. The van der Waals surface area contributed by atoms with Gasteiger partial charge in [-0.3, -0.25) is 4.79 Å². The lowest BCUT2D eigenvalue weighted by atomic mass is 9.94. The molecule has 1 aromatic rings. The topological polar surface area (TPSA) is 41.1 Å². The average Bonchev–Trinajstić information content (AvgIpc) is 3.23. The minimum absolute atomic E-state index is 0. The van der Waals surface area contributed by atoms with Gasteiger partial charge in [-0.1, -0.05) is 18.2 Å². The molecule has 7 heteroatoms. The summed E-state index contributed by atoms with van der Waals surface area (Å²) in [5.41, 5.74) is -0.296. The lowest BCUT2D eigenvalue weighted by molar-refractivity contribution is -0.137. The molecule has 1 aliphatic rings. The zero-order chi connectivity index (χ0) is 15.5. The molecule has 1 fully saturated rings. The molecule has 0 spiro atoms. The van der Waals surface area contributed by atoms with Crippen LogP contribution in [0.2, 0.25) is 0 Å². The van der Waals surface area contributed by atoms with Gasteiger partial charge in [-0.25, -0.2) is 0 Å². The summed E-state index contributed by atoms with van der Waals surface area (Å²) in [6, 6.07) is 5.42. The van der Waals surface area contributed by atoms with Crippen molar-refractivity contribution in [2.24, 2.45) is 0 Å². The first kappa shape index (κ1) is 18.8. The van der Waals surface area contributed by atoms with Crippen LogP contribution in [0, 0.1) is 0 Å². The number of hydrogen-bond acceptors (Lipinski definition) is 2. The number of halogens is 4. The van der Waals surface area contributed by atoms with Crippen LogP contribution in [0.25, 0.3) is 0 Å². The number of rotatable bonds is 6. The fourth-order valence-electron chi connectivity index (χ4n) is 2.34. The molecule has 0 aromatic heterocycles. The molecule has 1 aromatic carbocycles. The van der Waals surface area contributed by atoms with Gasteiger partial charge in [-0.05, 0) is 31.5 Å². The molecular formula is C15H20ClF3N2O. The fourth-order valence-corrected chi connectivity index (χ4v) is 2.34. The molecule has 0 aliphatic heterocycles. The van der Waals surface area contributed by atoms with Gasteiger partial charge in [0.1, 0.15) is 0 Å². The SMILES string of the molecule is CNCCC(=O)NCC1(c2cccc(C(F)(F)F)c2)CC1.Cl. The number of hydrogen-bond donors (Lipinski definition) is 2. The second-order valence-electron chi connectivity index (χ2n) is 5.49. The maximum Gasteiger partial charge on any atom is 0.416 e. The predicted molar refractivity (Wildman–Crippen MR) is 81.2 cm³/mol. The summed E-state index contributed by atoms with van der Waals surface area (Å²) in [5, 5.41) is 5.70. The van der Waals surface area contributed by atoms with Crippen molar-refractivity contribution in [3.63, 3.8) is 0 Å². The van der Waals surface area contributed by atoms with Gasteiger partial charge in [0.15, 0.2) is 0 Å². The lowest BCUT2D eigenvalue weighted by Gasteiger charge is -2.18. The summed E-state index contributed by atoms with van der Waals surface area (Å²) < 4.78 is 38.3. The molecule has 1 saturated carbocycles. The molecular weight excluding hydrogens is 317 g/mol. The smallest absolute Gasteiger partial charge is 0.355 e. The molecule has 0 heterocycles. The zero-order valence-electron chi connectivity index (χ0n) is 12.3. The van der Waals surface area contributed by atoms with E-state index in [0.29, 0.717) is 25.1 Å². The van der Waals surface area contributed by atoms with E-state index in [1.807, 2.05) is 0 Å². The summed E-state index contributed by atoms with van der Waals surface area (Å²) in [6.07, 6.45) is -2.35. The van der Waals surface area contributed by atoms with Crippen LogP contribution < -0.4 is 10.6 Å². The van der Waals surface area contributed by atoms with Crippen LogP contribution in [0.4, 0.5) is 13.2 Å². The molecule has 2 N–H and O–H groups in total. The summed E-state index contributed by atoms with van der Waals surface area (Å²) >= 11 is 0. The normalized spacial score (nSPS) is 15.8. The number of amides is 1. The van der Waals surface area contributed by atoms with Crippen molar-refractivity contribution in [2.45, 2.75) is 30.9 Å². The largest absolute Gasteiger partial charge is 0.416 e. The first-order valence-corrected chi connectivity index (χ1v) is 6.96. The van der Waals surface area contributed by atoms with E-state index in [4.69, 9.17) is 0 Å². The predicted octanol–water partition coefficient (Wildman–Crippen LogP) is 2.88. The first-order valence-electron chi connectivity index (χ1n) is 6.96. The van der Waals surface area contributed by atoms with Gasteiger partial charge in [0, 0.05) is 24.9 Å². The Morgan fingerprint density at radius 3 is 2.55 bits per heavy atom. The standard InChI is InChI=1S/C15H19F3N2O.ClH/c1-19-8-5-13(21)20-10-14(6-7-14)11-3-2-4-12(9-11)15(16,17)18;/h2-4,9,19H,5-8,10H2,1H3,(H,20,21);1H. The summed E-state index contributed by atoms with van der Waals surface area (Å²) in [5.74, 6) is -0.0809. The Balaban J connectivity index is 0.00000242. The van der Waals surface area contributed by atoms with Crippen molar-refractivity contribution in [3.05, 3.63) is 35.4 Å². The molecule has 0 saturated heterocycles.